The van der Waals surface area contributed by atoms with E-state index in [0.717, 1.165) is 5.56 Å². The molecule has 7 heteroatoms. The van der Waals surface area contributed by atoms with E-state index in [4.69, 9.17) is 18.6 Å². The van der Waals surface area contributed by atoms with Crippen LogP contribution in [-0.2, 0) is 11.3 Å². The smallest absolute Gasteiger partial charge is 0.338 e. The first-order valence-electron chi connectivity index (χ1n) is 9.91. The zero-order chi connectivity index (χ0) is 22.5. The van der Waals surface area contributed by atoms with Gasteiger partial charge in [-0.15, -0.1) is 0 Å². The van der Waals surface area contributed by atoms with Crippen LogP contribution in [0.1, 0.15) is 22.8 Å². The molecule has 0 bridgehead atoms. The molecule has 0 N–H and O–H groups in total. The average molecular weight is 434 g/mol. The summed E-state index contributed by atoms with van der Waals surface area (Å²) in [5.41, 5.74) is 1.20. The molecule has 162 valence electrons. The molecule has 6 nitrogen and oxygen atoms in total. The van der Waals surface area contributed by atoms with Gasteiger partial charge in [0.15, 0.2) is 0 Å². The molecule has 32 heavy (non-hydrogen) atoms. The first kappa shape index (κ1) is 21.1. The minimum atomic E-state index is -0.429. The van der Waals surface area contributed by atoms with Crippen molar-refractivity contribution in [1.29, 1.82) is 0 Å². The number of carbonyl (C=O) groups excluding carboxylic acids is 1. The highest BCUT2D eigenvalue weighted by Gasteiger charge is 2.12. The second-order valence-corrected chi connectivity index (χ2v) is 6.85. The van der Waals surface area contributed by atoms with Crippen LogP contribution in [0.4, 0.5) is 4.39 Å². The van der Waals surface area contributed by atoms with Crippen molar-refractivity contribution in [3.63, 3.8) is 0 Å². The van der Waals surface area contributed by atoms with Crippen molar-refractivity contribution in [2.45, 2.75) is 13.5 Å². The van der Waals surface area contributed by atoms with Gasteiger partial charge >= 0.3 is 5.97 Å². The van der Waals surface area contributed by atoms with Crippen molar-refractivity contribution < 1.29 is 27.8 Å². The number of hydrogen-bond acceptors (Lipinski definition) is 6. The Kier molecular flexibility index (Phi) is 6.17. The maximum Gasteiger partial charge on any atom is 0.338 e. The van der Waals surface area contributed by atoms with E-state index < -0.39 is 5.97 Å². The number of fused-ring (bicyclic) bond motifs is 1. The lowest BCUT2D eigenvalue weighted by atomic mass is 10.2. The molecular formula is C25H19FO6. The third kappa shape index (κ3) is 4.78. The van der Waals surface area contributed by atoms with Gasteiger partial charge in [-0.05, 0) is 61.0 Å². The van der Waals surface area contributed by atoms with Crippen LogP contribution in [0.15, 0.2) is 82.2 Å². The third-order valence-electron chi connectivity index (χ3n) is 4.63. The molecule has 0 spiro atoms. The highest BCUT2D eigenvalue weighted by atomic mass is 19.1. The number of hydrogen-bond donors (Lipinski definition) is 0. The molecule has 0 atom stereocenters. The maximum atomic E-state index is 13.0. The zero-order valence-electron chi connectivity index (χ0n) is 17.2. The van der Waals surface area contributed by atoms with Crippen LogP contribution in [0.2, 0.25) is 0 Å². The largest absolute Gasteiger partial charge is 0.489 e. The lowest BCUT2D eigenvalue weighted by molar-refractivity contribution is 0.0526. The molecule has 0 fully saturated rings. The van der Waals surface area contributed by atoms with Crippen molar-refractivity contribution in [2.24, 2.45) is 0 Å². The standard InChI is InChI=1S/C25H19FO6/c1-2-29-25(28)17-5-9-19(10-6-17)32-23-15-31-22-13-20(11-12-21(22)24(23)27)30-14-16-3-7-18(26)8-4-16/h3-13,15H,2,14H2,1H3. The number of carbonyl (C=O) groups is 1. The van der Waals surface area contributed by atoms with Gasteiger partial charge in [-0.2, -0.15) is 0 Å². The van der Waals surface area contributed by atoms with Crippen LogP contribution < -0.4 is 14.9 Å². The number of halogens is 1. The van der Waals surface area contributed by atoms with Gasteiger partial charge in [0.25, 0.3) is 0 Å². The summed E-state index contributed by atoms with van der Waals surface area (Å²) >= 11 is 0. The van der Waals surface area contributed by atoms with Crippen LogP contribution in [0.25, 0.3) is 11.0 Å². The van der Waals surface area contributed by atoms with E-state index in [1.54, 1.807) is 61.5 Å². The molecule has 0 aliphatic rings. The number of benzene rings is 3. The molecular weight excluding hydrogens is 415 g/mol. The minimum absolute atomic E-state index is 0.0152. The van der Waals surface area contributed by atoms with Gasteiger partial charge in [0.1, 0.15) is 35.8 Å². The highest BCUT2D eigenvalue weighted by molar-refractivity contribution is 5.89. The van der Waals surface area contributed by atoms with E-state index >= 15 is 0 Å². The molecule has 0 amide bonds. The molecule has 0 aliphatic carbocycles. The number of ether oxygens (including phenoxy) is 3. The van der Waals surface area contributed by atoms with Crippen LogP contribution in [0, 0.1) is 5.82 Å². The first-order chi connectivity index (χ1) is 15.5. The Morgan fingerprint density at radius 2 is 1.69 bits per heavy atom. The Balaban J connectivity index is 1.49. The normalized spacial score (nSPS) is 10.7. The Morgan fingerprint density at radius 1 is 0.969 bits per heavy atom. The van der Waals surface area contributed by atoms with E-state index in [0.29, 0.717) is 28.0 Å². The summed E-state index contributed by atoms with van der Waals surface area (Å²) < 4.78 is 34.8. The summed E-state index contributed by atoms with van der Waals surface area (Å²) in [4.78, 5) is 24.5. The summed E-state index contributed by atoms with van der Waals surface area (Å²) in [5.74, 6) is 0.162. The fourth-order valence-corrected chi connectivity index (χ4v) is 3.00. The molecule has 0 saturated carbocycles. The maximum absolute atomic E-state index is 13.0. The minimum Gasteiger partial charge on any atom is -0.489 e. The molecule has 1 heterocycles. The predicted octanol–water partition coefficient (Wildman–Crippen LogP) is 5.48. The predicted molar refractivity (Wildman–Crippen MR) is 116 cm³/mol. The molecule has 3 aromatic carbocycles. The van der Waals surface area contributed by atoms with E-state index in [9.17, 15) is 14.0 Å². The monoisotopic (exact) mass is 434 g/mol. The van der Waals surface area contributed by atoms with Gasteiger partial charge < -0.3 is 18.6 Å². The summed E-state index contributed by atoms with van der Waals surface area (Å²) in [6, 6.07) is 17.1. The van der Waals surface area contributed by atoms with Crippen molar-refractivity contribution in [3.8, 4) is 17.2 Å². The number of esters is 1. The van der Waals surface area contributed by atoms with Crippen molar-refractivity contribution in [1.82, 2.24) is 0 Å². The Bertz CT molecular complexity index is 1290. The van der Waals surface area contributed by atoms with Gasteiger partial charge in [-0.3, -0.25) is 4.79 Å². The van der Waals surface area contributed by atoms with E-state index in [1.165, 1.54) is 18.4 Å². The van der Waals surface area contributed by atoms with Gasteiger partial charge in [0.2, 0.25) is 11.2 Å². The fourth-order valence-electron chi connectivity index (χ4n) is 3.00. The Morgan fingerprint density at radius 3 is 2.41 bits per heavy atom. The van der Waals surface area contributed by atoms with Crippen LogP contribution in [-0.4, -0.2) is 12.6 Å². The summed E-state index contributed by atoms with van der Waals surface area (Å²) in [6.45, 7) is 2.27. The van der Waals surface area contributed by atoms with Crippen LogP contribution in [0.5, 0.6) is 17.2 Å². The van der Waals surface area contributed by atoms with Crippen LogP contribution >= 0.6 is 0 Å². The van der Waals surface area contributed by atoms with Gasteiger partial charge in [0.05, 0.1) is 17.6 Å². The molecule has 0 unspecified atom stereocenters. The molecule has 1 aromatic heterocycles. The zero-order valence-corrected chi connectivity index (χ0v) is 17.2. The molecule has 4 rings (SSSR count). The Hall–Kier alpha value is -4.13. The van der Waals surface area contributed by atoms with Crippen molar-refractivity contribution in [3.05, 3.63) is 100 Å². The summed E-state index contributed by atoms with van der Waals surface area (Å²) in [5, 5.41) is 0.333. The SMILES string of the molecule is CCOC(=O)c1ccc(Oc2coc3cc(OCc4ccc(F)cc4)ccc3c2=O)cc1. The lowest BCUT2D eigenvalue weighted by Gasteiger charge is -2.09. The van der Waals surface area contributed by atoms with Crippen molar-refractivity contribution >= 4 is 16.9 Å². The van der Waals surface area contributed by atoms with Gasteiger partial charge in [-0.25, -0.2) is 9.18 Å². The second-order valence-electron chi connectivity index (χ2n) is 6.85. The quantitative estimate of drug-likeness (QED) is 0.359. The second kappa shape index (κ2) is 9.34. The number of rotatable bonds is 7. The molecule has 0 aliphatic heterocycles. The molecule has 4 aromatic rings. The van der Waals surface area contributed by atoms with Crippen LogP contribution in [0.3, 0.4) is 0 Å². The highest BCUT2D eigenvalue weighted by Crippen LogP contribution is 2.25. The van der Waals surface area contributed by atoms with Gasteiger partial charge in [-0.1, -0.05) is 12.1 Å². The topological polar surface area (TPSA) is 75.0 Å². The van der Waals surface area contributed by atoms with E-state index in [2.05, 4.69) is 0 Å². The third-order valence-corrected chi connectivity index (χ3v) is 4.63. The van der Waals surface area contributed by atoms with E-state index in [-0.39, 0.29) is 30.2 Å². The Labute approximate surface area is 182 Å². The van der Waals surface area contributed by atoms with Crippen molar-refractivity contribution in [2.75, 3.05) is 6.61 Å². The fraction of sp³-hybridized carbons (Fsp3) is 0.120. The summed E-state index contributed by atoms with van der Waals surface area (Å²) in [6.07, 6.45) is 1.23. The van der Waals surface area contributed by atoms with E-state index in [1.807, 2.05) is 0 Å². The van der Waals surface area contributed by atoms with Gasteiger partial charge in [0, 0.05) is 6.07 Å². The first-order valence-corrected chi connectivity index (χ1v) is 9.91. The summed E-state index contributed by atoms with van der Waals surface area (Å²) in [7, 11) is 0. The molecule has 0 saturated heterocycles. The average Bonchev–Trinajstić information content (AvgIpc) is 2.81. The molecule has 0 radical (unpaired) electrons. The lowest BCUT2D eigenvalue weighted by Crippen LogP contribution is -2.06.